The average molecular weight is 486 g/mol. The van der Waals surface area contributed by atoms with E-state index >= 15 is 0 Å². The van der Waals surface area contributed by atoms with Crippen LogP contribution in [0.1, 0.15) is 18.8 Å². The van der Waals surface area contributed by atoms with E-state index in [4.69, 9.17) is 30.5 Å². The highest BCUT2D eigenvalue weighted by atomic mass is 79.9. The first kappa shape index (κ1) is 20.7. The molecule has 0 amide bonds. The van der Waals surface area contributed by atoms with Crippen LogP contribution in [0.5, 0.6) is 0 Å². The molecule has 2 aromatic rings. The Morgan fingerprint density at radius 1 is 1.14 bits per heavy atom. The molecule has 4 unspecified atom stereocenters. The second-order valence-corrected chi connectivity index (χ2v) is 9.43. The van der Waals surface area contributed by atoms with Crippen molar-refractivity contribution in [1.29, 1.82) is 0 Å². The standard InChI is InChI=1S/C21H22BrClO4S/c1-12-18-16(11-25-20(27-18)13-6-4-3-5-7-13)26-21(19(12)24-2)28-17-10-14(22)8-9-15(17)23/h3-10,12,16,18-21H,11H2,1-2H3/t12?,16?,18-,19?,20?,21-/m1/s1. The van der Waals surface area contributed by atoms with Gasteiger partial charge in [-0.25, -0.2) is 0 Å². The molecule has 7 heteroatoms. The number of fused-ring (bicyclic) bond motifs is 1. The molecule has 2 aliphatic rings. The van der Waals surface area contributed by atoms with Gasteiger partial charge in [0.15, 0.2) is 6.29 Å². The van der Waals surface area contributed by atoms with Crippen LogP contribution in [0.15, 0.2) is 57.9 Å². The van der Waals surface area contributed by atoms with Crippen LogP contribution in [0.25, 0.3) is 0 Å². The summed E-state index contributed by atoms with van der Waals surface area (Å²) in [6.07, 6.45) is -0.755. The third kappa shape index (κ3) is 4.29. The van der Waals surface area contributed by atoms with Gasteiger partial charge in [0.25, 0.3) is 0 Å². The van der Waals surface area contributed by atoms with Crippen LogP contribution >= 0.6 is 39.3 Å². The maximum absolute atomic E-state index is 6.38. The van der Waals surface area contributed by atoms with E-state index < -0.39 is 0 Å². The Bertz CT molecular complexity index is 808. The Morgan fingerprint density at radius 3 is 2.68 bits per heavy atom. The molecular weight excluding hydrogens is 464 g/mol. The van der Waals surface area contributed by atoms with Crippen molar-refractivity contribution in [2.24, 2.45) is 5.92 Å². The fraction of sp³-hybridized carbons (Fsp3) is 0.429. The van der Waals surface area contributed by atoms with Gasteiger partial charge >= 0.3 is 0 Å². The highest BCUT2D eigenvalue weighted by molar-refractivity contribution is 9.10. The second kappa shape index (κ2) is 9.04. The predicted octanol–water partition coefficient (Wildman–Crippen LogP) is 5.68. The number of hydrogen-bond donors (Lipinski definition) is 0. The summed E-state index contributed by atoms with van der Waals surface area (Å²) in [6, 6.07) is 15.8. The maximum atomic E-state index is 6.38. The Hall–Kier alpha value is -0.600. The van der Waals surface area contributed by atoms with Crippen molar-refractivity contribution >= 4 is 39.3 Å². The highest BCUT2D eigenvalue weighted by Crippen LogP contribution is 2.43. The Labute approximate surface area is 183 Å². The zero-order valence-corrected chi connectivity index (χ0v) is 18.7. The van der Waals surface area contributed by atoms with Crippen molar-refractivity contribution in [1.82, 2.24) is 0 Å². The molecule has 0 radical (unpaired) electrons. The van der Waals surface area contributed by atoms with E-state index in [1.807, 2.05) is 48.5 Å². The number of rotatable bonds is 4. The molecular formula is C21H22BrClO4S. The number of halogens is 2. The van der Waals surface area contributed by atoms with Gasteiger partial charge in [-0.05, 0) is 18.2 Å². The summed E-state index contributed by atoms with van der Waals surface area (Å²) >= 11 is 11.5. The molecule has 0 aliphatic carbocycles. The van der Waals surface area contributed by atoms with E-state index in [-0.39, 0.29) is 36.0 Å². The molecule has 2 saturated heterocycles. The molecule has 0 aromatic heterocycles. The smallest absolute Gasteiger partial charge is 0.184 e. The van der Waals surface area contributed by atoms with Gasteiger partial charge in [-0.1, -0.05) is 76.5 Å². The van der Waals surface area contributed by atoms with Crippen LogP contribution < -0.4 is 0 Å². The van der Waals surface area contributed by atoms with E-state index in [2.05, 4.69) is 22.9 Å². The summed E-state index contributed by atoms with van der Waals surface area (Å²) in [6.45, 7) is 2.63. The highest BCUT2D eigenvalue weighted by Gasteiger charge is 2.48. The van der Waals surface area contributed by atoms with E-state index in [9.17, 15) is 0 Å². The van der Waals surface area contributed by atoms with E-state index in [0.29, 0.717) is 11.6 Å². The molecule has 0 bridgehead atoms. The lowest BCUT2D eigenvalue weighted by Crippen LogP contribution is -2.57. The lowest BCUT2D eigenvalue weighted by Gasteiger charge is -2.48. The summed E-state index contributed by atoms with van der Waals surface area (Å²) < 4.78 is 25.4. The summed E-state index contributed by atoms with van der Waals surface area (Å²) in [5.41, 5.74) is 0.813. The Morgan fingerprint density at radius 2 is 1.93 bits per heavy atom. The minimum absolute atomic E-state index is 0.0984. The summed E-state index contributed by atoms with van der Waals surface area (Å²) in [5, 5.41) is 0.696. The minimum atomic E-state index is -0.380. The van der Waals surface area contributed by atoms with Crippen LogP contribution in [-0.2, 0) is 18.9 Å². The number of ether oxygens (including phenoxy) is 4. The molecule has 0 saturated carbocycles. The normalized spacial score (nSPS) is 32.7. The van der Waals surface area contributed by atoms with Gasteiger partial charge in [0, 0.05) is 28.0 Å². The second-order valence-electron chi connectivity index (χ2n) is 6.97. The summed E-state index contributed by atoms with van der Waals surface area (Å²) in [7, 11) is 1.72. The third-order valence-corrected chi connectivity index (χ3v) is 7.29. The van der Waals surface area contributed by atoms with Crippen LogP contribution in [0.4, 0.5) is 0 Å². The lowest BCUT2D eigenvalue weighted by molar-refractivity contribution is -0.309. The topological polar surface area (TPSA) is 36.9 Å². The van der Waals surface area contributed by atoms with Crippen molar-refractivity contribution in [2.45, 2.75) is 41.9 Å². The first-order chi connectivity index (χ1) is 13.6. The molecule has 2 fully saturated rings. The minimum Gasteiger partial charge on any atom is -0.377 e. The van der Waals surface area contributed by atoms with Gasteiger partial charge in [0.2, 0.25) is 0 Å². The number of methoxy groups -OCH3 is 1. The predicted molar refractivity (Wildman–Crippen MR) is 114 cm³/mol. The van der Waals surface area contributed by atoms with Crippen molar-refractivity contribution in [3.05, 3.63) is 63.6 Å². The van der Waals surface area contributed by atoms with Gasteiger partial charge in [-0.2, -0.15) is 0 Å². The van der Waals surface area contributed by atoms with E-state index in [0.717, 1.165) is 14.9 Å². The van der Waals surface area contributed by atoms with E-state index in [1.165, 1.54) is 0 Å². The van der Waals surface area contributed by atoms with Gasteiger partial charge in [-0.3, -0.25) is 0 Å². The summed E-state index contributed by atoms with van der Waals surface area (Å²) in [4.78, 5) is 0.952. The van der Waals surface area contributed by atoms with E-state index in [1.54, 1.807) is 18.9 Å². The third-order valence-electron chi connectivity index (χ3n) is 5.15. The SMILES string of the molecule is COC1C(C)[C@H]2OC(c3ccccc3)OCC2O[C@@H]1Sc1cc(Br)ccc1Cl. The van der Waals surface area contributed by atoms with Crippen LogP contribution in [0, 0.1) is 5.92 Å². The largest absolute Gasteiger partial charge is 0.377 e. The van der Waals surface area contributed by atoms with Crippen LogP contribution in [0.3, 0.4) is 0 Å². The van der Waals surface area contributed by atoms with Crippen molar-refractivity contribution in [3.8, 4) is 0 Å². The summed E-state index contributed by atoms with van der Waals surface area (Å²) in [5.74, 6) is 0.141. The van der Waals surface area contributed by atoms with Gasteiger partial charge in [-0.15, -0.1) is 0 Å². The van der Waals surface area contributed by atoms with Crippen molar-refractivity contribution in [3.63, 3.8) is 0 Å². The fourth-order valence-corrected chi connectivity index (χ4v) is 5.79. The molecule has 28 heavy (non-hydrogen) atoms. The molecule has 4 nitrogen and oxygen atoms in total. The first-order valence-corrected chi connectivity index (χ1v) is 11.2. The molecule has 2 aromatic carbocycles. The number of hydrogen-bond acceptors (Lipinski definition) is 5. The quantitative estimate of drug-likeness (QED) is 0.556. The molecule has 150 valence electrons. The molecule has 0 N–H and O–H groups in total. The monoisotopic (exact) mass is 484 g/mol. The maximum Gasteiger partial charge on any atom is 0.184 e. The van der Waals surface area contributed by atoms with Gasteiger partial charge in [0.05, 0.1) is 23.8 Å². The molecule has 6 atom stereocenters. The van der Waals surface area contributed by atoms with Gasteiger partial charge < -0.3 is 18.9 Å². The zero-order valence-electron chi connectivity index (χ0n) is 15.6. The fourth-order valence-electron chi connectivity index (χ4n) is 3.71. The first-order valence-electron chi connectivity index (χ1n) is 9.19. The van der Waals surface area contributed by atoms with Gasteiger partial charge in [0.1, 0.15) is 11.5 Å². The number of benzene rings is 2. The Kier molecular flexibility index (Phi) is 6.67. The van der Waals surface area contributed by atoms with Crippen molar-refractivity contribution in [2.75, 3.05) is 13.7 Å². The van der Waals surface area contributed by atoms with Crippen LogP contribution in [-0.4, -0.2) is 37.5 Å². The molecule has 2 heterocycles. The van der Waals surface area contributed by atoms with Crippen LogP contribution in [0.2, 0.25) is 5.02 Å². The zero-order chi connectivity index (χ0) is 19.7. The lowest BCUT2D eigenvalue weighted by atomic mass is 9.90. The average Bonchev–Trinajstić information content (AvgIpc) is 2.71. The molecule has 4 rings (SSSR count). The number of thioether (sulfide) groups is 1. The van der Waals surface area contributed by atoms with Crippen molar-refractivity contribution < 1.29 is 18.9 Å². The molecule has 2 aliphatic heterocycles. The Balaban J connectivity index is 1.51. The molecule has 0 spiro atoms.